The largest absolute Gasteiger partial charge is 0.352 e. The average Bonchev–Trinajstić information content (AvgIpc) is 2.87. The lowest BCUT2D eigenvalue weighted by atomic mass is 10.0. The topological polar surface area (TPSA) is 50.1 Å². The van der Waals surface area contributed by atoms with Gasteiger partial charge in [-0.05, 0) is 12.5 Å². The van der Waals surface area contributed by atoms with Gasteiger partial charge in [-0.25, -0.2) is 0 Å². The molecule has 0 aliphatic rings. The number of carbonyl (C=O) groups excluding carboxylic acids is 2. The molecule has 0 atom stereocenters. The van der Waals surface area contributed by atoms with E-state index in [1.807, 2.05) is 42.6 Å². The Morgan fingerprint density at radius 1 is 0.676 bits per heavy atom. The Hall–Kier alpha value is -2.49. The van der Waals surface area contributed by atoms with Gasteiger partial charge in [0.1, 0.15) is 5.56 Å². The molecule has 0 unspecified atom stereocenters. The second kappa shape index (κ2) is 17.9. The molecule has 1 aromatic heterocycles. The average molecular weight is 466 g/mol. The van der Waals surface area contributed by atoms with Crippen molar-refractivity contribution in [3.05, 3.63) is 66.0 Å². The van der Waals surface area contributed by atoms with Crippen LogP contribution in [0.4, 0.5) is 0 Å². The van der Waals surface area contributed by atoms with Crippen LogP contribution in [0.25, 0.3) is 0 Å². The van der Waals surface area contributed by atoms with E-state index in [1.54, 1.807) is 16.8 Å². The van der Waals surface area contributed by atoms with Crippen LogP contribution in [0.2, 0.25) is 0 Å². The molecule has 34 heavy (non-hydrogen) atoms. The Labute approximate surface area is 207 Å². The summed E-state index contributed by atoms with van der Waals surface area (Å²) in [5.74, 6) is -0.0400. The number of rotatable bonds is 19. The van der Waals surface area contributed by atoms with Gasteiger partial charge in [-0.1, -0.05) is 121 Å². The second-order valence-corrected chi connectivity index (χ2v) is 9.41. The quantitative estimate of drug-likeness (QED) is 0.137. The number of benzene rings is 1. The highest BCUT2D eigenvalue weighted by Crippen LogP contribution is 2.12. The third kappa shape index (κ3) is 12.1. The highest BCUT2D eigenvalue weighted by molar-refractivity contribution is 5.95. The fraction of sp³-hybridized carbons (Fsp3) is 0.567. The predicted molar refractivity (Wildman–Crippen MR) is 140 cm³/mol. The molecule has 0 radical (unpaired) electrons. The van der Waals surface area contributed by atoms with E-state index in [4.69, 9.17) is 0 Å². The number of hydrogen-bond donors (Lipinski definition) is 1. The van der Waals surface area contributed by atoms with E-state index < -0.39 is 0 Å². The summed E-state index contributed by atoms with van der Waals surface area (Å²) in [5.41, 5.74) is 1.27. The predicted octanol–water partition coefficient (Wildman–Crippen LogP) is 7.07. The molecule has 2 rings (SSSR count). The monoisotopic (exact) mass is 465 g/mol. The summed E-state index contributed by atoms with van der Waals surface area (Å²) < 4.78 is 1.77. The summed E-state index contributed by atoms with van der Waals surface area (Å²) in [6, 6.07) is 12.9. The maximum atomic E-state index is 12.5. The summed E-state index contributed by atoms with van der Waals surface area (Å²) in [5, 5.41) is 3.02. The van der Waals surface area contributed by atoms with Gasteiger partial charge in [-0.15, -0.1) is 0 Å². The number of aromatic nitrogens is 1. The van der Waals surface area contributed by atoms with Crippen molar-refractivity contribution >= 4 is 11.7 Å². The fourth-order valence-corrected chi connectivity index (χ4v) is 4.26. The van der Waals surface area contributed by atoms with E-state index in [0.29, 0.717) is 17.7 Å². The van der Waals surface area contributed by atoms with E-state index in [9.17, 15) is 9.59 Å². The molecule has 1 N–H and O–H groups in total. The lowest BCUT2D eigenvalue weighted by Crippen LogP contribution is -2.39. The van der Waals surface area contributed by atoms with Crippen LogP contribution >= 0.6 is 0 Å². The van der Waals surface area contributed by atoms with Crippen molar-refractivity contribution in [1.29, 1.82) is 0 Å². The number of unbranched alkanes of at least 4 members (excludes halogenated alkanes) is 13. The molecular formula is C30H45N2O2+. The Morgan fingerprint density at radius 2 is 1.21 bits per heavy atom. The van der Waals surface area contributed by atoms with Gasteiger partial charge in [0, 0.05) is 18.2 Å². The van der Waals surface area contributed by atoms with Crippen LogP contribution in [-0.4, -0.2) is 18.2 Å². The molecule has 1 amide bonds. The number of ketones is 1. The molecule has 2 aromatic rings. The molecule has 0 aliphatic heterocycles. The minimum atomic E-state index is -0.0730. The van der Waals surface area contributed by atoms with Gasteiger partial charge < -0.3 is 5.32 Å². The van der Waals surface area contributed by atoms with Crippen LogP contribution in [0, 0.1) is 0 Å². The molecular weight excluding hydrogens is 420 g/mol. The number of hydrogen-bond acceptors (Lipinski definition) is 2. The Bertz CT molecular complexity index is 820. The SMILES string of the molecule is CCCCCCCCCCCCCCCCNC(=O)c1ccc[n+](CC(=O)c2ccccc2)c1. The number of nitrogens with zero attached hydrogens (tertiary/aromatic N) is 1. The first kappa shape index (κ1) is 27.8. The molecule has 4 heteroatoms. The van der Waals surface area contributed by atoms with E-state index >= 15 is 0 Å². The first-order chi connectivity index (χ1) is 16.7. The number of Topliss-reactive ketones (excluding diaryl/α,β-unsaturated/α-hetero) is 1. The van der Waals surface area contributed by atoms with Crippen molar-refractivity contribution in [2.75, 3.05) is 6.54 Å². The zero-order chi connectivity index (χ0) is 24.3. The minimum absolute atomic E-state index is 0.0329. The Morgan fingerprint density at radius 3 is 1.79 bits per heavy atom. The standard InChI is InChI=1S/C30H44N2O2/c1-2-3-4-5-6-7-8-9-10-11-12-13-14-18-23-31-30(34)28-22-19-24-32(25-28)26-29(33)27-20-16-15-17-21-27/h15-17,19-22,24-25H,2-14,18,23,26H2,1H3/p+1. The maximum Gasteiger partial charge on any atom is 0.257 e. The van der Waals surface area contributed by atoms with E-state index in [2.05, 4.69) is 12.2 Å². The molecule has 0 saturated carbocycles. The normalized spacial score (nSPS) is 10.9. The van der Waals surface area contributed by atoms with E-state index in [1.165, 1.54) is 77.0 Å². The van der Waals surface area contributed by atoms with E-state index in [-0.39, 0.29) is 18.2 Å². The zero-order valence-electron chi connectivity index (χ0n) is 21.3. The molecule has 4 nitrogen and oxygen atoms in total. The third-order valence-corrected chi connectivity index (χ3v) is 6.36. The first-order valence-electron chi connectivity index (χ1n) is 13.6. The zero-order valence-corrected chi connectivity index (χ0v) is 21.3. The molecule has 0 aliphatic carbocycles. The number of nitrogens with one attached hydrogen (secondary N) is 1. The summed E-state index contributed by atoms with van der Waals surface area (Å²) >= 11 is 0. The Balaban J connectivity index is 1.50. The third-order valence-electron chi connectivity index (χ3n) is 6.36. The summed E-state index contributed by atoms with van der Waals surface area (Å²) in [7, 11) is 0. The van der Waals surface area contributed by atoms with Gasteiger partial charge in [0.2, 0.25) is 12.3 Å². The van der Waals surface area contributed by atoms with Crippen molar-refractivity contribution < 1.29 is 14.2 Å². The lowest BCUT2D eigenvalue weighted by Gasteiger charge is -2.05. The number of pyridine rings is 1. The smallest absolute Gasteiger partial charge is 0.257 e. The van der Waals surface area contributed by atoms with Crippen molar-refractivity contribution in [3.63, 3.8) is 0 Å². The van der Waals surface area contributed by atoms with Crippen molar-refractivity contribution in [3.8, 4) is 0 Å². The van der Waals surface area contributed by atoms with Gasteiger partial charge in [0.25, 0.3) is 5.91 Å². The van der Waals surface area contributed by atoms with Gasteiger partial charge in [-0.3, -0.25) is 9.59 Å². The van der Waals surface area contributed by atoms with Crippen molar-refractivity contribution in [2.24, 2.45) is 0 Å². The van der Waals surface area contributed by atoms with Crippen LogP contribution in [-0.2, 0) is 6.54 Å². The van der Waals surface area contributed by atoms with Gasteiger partial charge in [-0.2, -0.15) is 4.57 Å². The highest BCUT2D eigenvalue weighted by atomic mass is 16.1. The molecule has 0 spiro atoms. The van der Waals surface area contributed by atoms with Gasteiger partial charge in [0.05, 0.1) is 0 Å². The maximum absolute atomic E-state index is 12.5. The molecule has 0 fully saturated rings. The summed E-state index contributed by atoms with van der Waals surface area (Å²) in [4.78, 5) is 24.9. The Kier molecular flexibility index (Phi) is 14.6. The van der Waals surface area contributed by atoms with Crippen LogP contribution in [0.1, 0.15) is 118 Å². The van der Waals surface area contributed by atoms with Crippen molar-refractivity contribution in [2.45, 2.75) is 103 Å². The van der Waals surface area contributed by atoms with Crippen LogP contribution in [0.5, 0.6) is 0 Å². The minimum Gasteiger partial charge on any atom is -0.352 e. The highest BCUT2D eigenvalue weighted by Gasteiger charge is 2.14. The molecule has 1 heterocycles. The van der Waals surface area contributed by atoms with E-state index in [0.717, 1.165) is 12.8 Å². The van der Waals surface area contributed by atoms with Gasteiger partial charge in [0.15, 0.2) is 12.4 Å². The molecule has 0 bridgehead atoms. The summed E-state index contributed by atoms with van der Waals surface area (Å²) in [6.07, 6.45) is 22.2. The van der Waals surface area contributed by atoms with Crippen molar-refractivity contribution in [1.82, 2.24) is 5.32 Å². The second-order valence-electron chi connectivity index (χ2n) is 9.41. The van der Waals surface area contributed by atoms with Crippen LogP contribution in [0.15, 0.2) is 54.9 Å². The summed E-state index contributed by atoms with van der Waals surface area (Å²) in [6.45, 7) is 3.20. The van der Waals surface area contributed by atoms with Gasteiger partial charge >= 0.3 is 0 Å². The molecule has 186 valence electrons. The molecule has 1 aromatic carbocycles. The first-order valence-corrected chi connectivity index (χ1v) is 13.6. The number of amides is 1. The number of carbonyl (C=O) groups is 2. The lowest BCUT2D eigenvalue weighted by molar-refractivity contribution is -0.683. The van der Waals surface area contributed by atoms with Crippen LogP contribution in [0.3, 0.4) is 0 Å². The fourth-order valence-electron chi connectivity index (χ4n) is 4.26. The van der Waals surface area contributed by atoms with Crippen LogP contribution < -0.4 is 9.88 Å². The molecule has 0 saturated heterocycles.